The zero-order chi connectivity index (χ0) is 25.5. The van der Waals surface area contributed by atoms with E-state index in [1.165, 1.54) is 6.07 Å². The van der Waals surface area contributed by atoms with Crippen molar-refractivity contribution in [3.63, 3.8) is 0 Å². The first kappa shape index (κ1) is 24.7. The number of carbonyl (C=O) groups excluding carboxylic acids is 2. The SMILES string of the molecule is CC(C)(C)c1ccc(OC2=C(Oc3ccc(C(C)(C)C)cc3)C(=O)c3cc(Cl)ccc3C2=O)cc1. The Hall–Kier alpha value is -3.37. The van der Waals surface area contributed by atoms with Crippen molar-refractivity contribution in [3.05, 3.63) is 106 Å². The lowest BCUT2D eigenvalue weighted by molar-refractivity contribution is 0.0897. The van der Waals surface area contributed by atoms with Crippen molar-refractivity contribution in [2.75, 3.05) is 0 Å². The minimum atomic E-state index is -0.455. The van der Waals surface area contributed by atoms with Gasteiger partial charge in [-0.2, -0.15) is 0 Å². The van der Waals surface area contributed by atoms with Crippen LogP contribution in [0.15, 0.2) is 78.2 Å². The topological polar surface area (TPSA) is 52.6 Å². The van der Waals surface area contributed by atoms with Gasteiger partial charge in [-0.25, -0.2) is 0 Å². The van der Waals surface area contributed by atoms with E-state index in [-0.39, 0.29) is 33.5 Å². The number of rotatable bonds is 4. The lowest BCUT2D eigenvalue weighted by Gasteiger charge is -2.23. The van der Waals surface area contributed by atoms with E-state index in [2.05, 4.69) is 41.5 Å². The normalized spacial score (nSPS) is 14.1. The molecule has 1 aliphatic carbocycles. The molecule has 3 aromatic carbocycles. The molecule has 4 nitrogen and oxygen atoms in total. The van der Waals surface area contributed by atoms with Crippen LogP contribution in [0.2, 0.25) is 5.02 Å². The zero-order valence-corrected chi connectivity index (χ0v) is 21.6. The van der Waals surface area contributed by atoms with Crippen molar-refractivity contribution in [2.45, 2.75) is 52.4 Å². The van der Waals surface area contributed by atoms with Gasteiger partial charge in [-0.1, -0.05) is 77.4 Å². The van der Waals surface area contributed by atoms with Crippen molar-refractivity contribution >= 4 is 23.2 Å². The molecule has 3 aromatic rings. The first-order chi connectivity index (χ1) is 16.3. The standard InChI is InChI=1S/C30H29ClO4/c1-29(2,3)18-7-12-21(13-8-18)34-27-25(32)23-16-11-20(31)17-24(23)26(33)28(27)35-22-14-9-19(10-15-22)30(4,5)6/h7-17H,1-6H3. The Bertz CT molecular complexity index is 1320. The van der Waals surface area contributed by atoms with E-state index in [4.69, 9.17) is 21.1 Å². The number of benzene rings is 3. The Balaban J connectivity index is 1.76. The number of fused-ring (bicyclic) bond motifs is 1. The summed E-state index contributed by atoms with van der Waals surface area (Å²) in [5.41, 5.74) is 2.62. The van der Waals surface area contributed by atoms with Gasteiger partial charge in [0.2, 0.25) is 23.1 Å². The van der Waals surface area contributed by atoms with Crippen LogP contribution in [-0.4, -0.2) is 11.6 Å². The van der Waals surface area contributed by atoms with E-state index in [1.807, 2.05) is 24.3 Å². The molecule has 0 aliphatic heterocycles. The highest BCUT2D eigenvalue weighted by Crippen LogP contribution is 2.33. The van der Waals surface area contributed by atoms with Crippen LogP contribution in [0.1, 0.15) is 73.4 Å². The van der Waals surface area contributed by atoms with Crippen LogP contribution in [0.25, 0.3) is 0 Å². The first-order valence-electron chi connectivity index (χ1n) is 11.5. The summed E-state index contributed by atoms with van der Waals surface area (Å²) in [6.07, 6.45) is 0. The van der Waals surface area contributed by atoms with E-state index in [0.717, 1.165) is 11.1 Å². The molecule has 0 fully saturated rings. The molecule has 1 aliphatic rings. The smallest absolute Gasteiger partial charge is 0.233 e. The first-order valence-corrected chi connectivity index (χ1v) is 11.9. The van der Waals surface area contributed by atoms with Crippen molar-refractivity contribution in [1.29, 1.82) is 0 Å². The second kappa shape index (κ2) is 9.01. The summed E-state index contributed by atoms with van der Waals surface area (Å²) in [6, 6.07) is 19.5. The Morgan fingerprint density at radius 3 is 1.37 bits per heavy atom. The van der Waals surface area contributed by atoms with E-state index in [0.29, 0.717) is 16.5 Å². The second-order valence-electron chi connectivity index (χ2n) is 10.8. The van der Waals surface area contributed by atoms with Crippen LogP contribution in [-0.2, 0) is 10.8 Å². The summed E-state index contributed by atoms with van der Waals surface area (Å²) in [7, 11) is 0. The van der Waals surface area contributed by atoms with Gasteiger partial charge in [-0.05, 0) is 64.4 Å². The minimum Gasteiger partial charge on any atom is -0.449 e. The van der Waals surface area contributed by atoms with Gasteiger partial charge >= 0.3 is 0 Å². The summed E-state index contributed by atoms with van der Waals surface area (Å²) < 4.78 is 12.0. The van der Waals surface area contributed by atoms with Crippen LogP contribution in [0, 0.1) is 0 Å². The molecule has 0 atom stereocenters. The molecule has 0 aromatic heterocycles. The molecule has 0 amide bonds. The molecule has 0 unspecified atom stereocenters. The quantitative estimate of drug-likeness (QED) is 0.378. The number of carbonyl (C=O) groups is 2. The van der Waals surface area contributed by atoms with Crippen molar-refractivity contribution < 1.29 is 19.1 Å². The summed E-state index contributed by atoms with van der Waals surface area (Å²) in [6.45, 7) is 12.7. The molecule has 5 heteroatoms. The molecular formula is C30H29ClO4. The molecular weight excluding hydrogens is 460 g/mol. The Morgan fingerprint density at radius 2 is 0.971 bits per heavy atom. The fourth-order valence-electron chi connectivity index (χ4n) is 3.82. The molecule has 35 heavy (non-hydrogen) atoms. The third-order valence-electron chi connectivity index (χ3n) is 5.97. The highest BCUT2D eigenvalue weighted by Gasteiger charge is 2.36. The molecule has 0 bridgehead atoms. The van der Waals surface area contributed by atoms with Gasteiger partial charge in [-0.3, -0.25) is 9.59 Å². The summed E-state index contributed by atoms with van der Waals surface area (Å²) >= 11 is 6.12. The largest absolute Gasteiger partial charge is 0.449 e. The number of halogens is 1. The number of Topliss-reactive ketones (excluding diaryl/α,β-unsaturated/α-hetero) is 2. The fourth-order valence-corrected chi connectivity index (χ4v) is 3.99. The van der Waals surface area contributed by atoms with Gasteiger partial charge in [0.05, 0.1) is 0 Å². The van der Waals surface area contributed by atoms with Gasteiger partial charge in [0.25, 0.3) is 0 Å². The third-order valence-corrected chi connectivity index (χ3v) is 6.21. The van der Waals surface area contributed by atoms with E-state index in [1.54, 1.807) is 36.4 Å². The summed E-state index contributed by atoms with van der Waals surface area (Å²) in [5.74, 6) is -0.318. The Kier molecular flexibility index (Phi) is 6.37. The number of ether oxygens (including phenoxy) is 2. The summed E-state index contributed by atoms with van der Waals surface area (Å²) in [4.78, 5) is 26.9. The van der Waals surface area contributed by atoms with Crippen molar-refractivity contribution in [2.24, 2.45) is 0 Å². The molecule has 0 heterocycles. The highest BCUT2D eigenvalue weighted by atomic mass is 35.5. The van der Waals surface area contributed by atoms with Gasteiger partial charge in [0, 0.05) is 16.1 Å². The predicted molar refractivity (Wildman–Crippen MR) is 139 cm³/mol. The Labute approximate surface area is 211 Å². The van der Waals surface area contributed by atoms with Crippen LogP contribution in [0.3, 0.4) is 0 Å². The molecule has 0 saturated carbocycles. The summed E-state index contributed by atoms with van der Waals surface area (Å²) in [5, 5.41) is 0.362. The highest BCUT2D eigenvalue weighted by molar-refractivity contribution is 6.32. The predicted octanol–water partition coefficient (Wildman–Crippen LogP) is 7.68. The molecule has 0 N–H and O–H groups in total. The number of hydrogen-bond donors (Lipinski definition) is 0. The maximum absolute atomic E-state index is 13.5. The average molecular weight is 489 g/mol. The van der Waals surface area contributed by atoms with E-state index in [9.17, 15) is 9.59 Å². The molecule has 180 valence electrons. The third kappa shape index (κ3) is 5.18. The maximum Gasteiger partial charge on any atom is 0.233 e. The lowest BCUT2D eigenvalue weighted by atomic mass is 9.87. The van der Waals surface area contributed by atoms with E-state index < -0.39 is 11.6 Å². The molecule has 0 spiro atoms. The van der Waals surface area contributed by atoms with Crippen LogP contribution in [0.5, 0.6) is 11.5 Å². The average Bonchev–Trinajstić information content (AvgIpc) is 2.79. The molecule has 4 rings (SSSR count). The number of allylic oxidation sites excluding steroid dienone is 2. The lowest BCUT2D eigenvalue weighted by Crippen LogP contribution is -2.27. The van der Waals surface area contributed by atoms with Crippen LogP contribution < -0.4 is 9.47 Å². The molecule has 0 radical (unpaired) electrons. The zero-order valence-electron chi connectivity index (χ0n) is 20.9. The molecule has 0 saturated heterocycles. The van der Waals surface area contributed by atoms with Crippen molar-refractivity contribution in [1.82, 2.24) is 0 Å². The Morgan fingerprint density at radius 1 is 0.571 bits per heavy atom. The fraction of sp³-hybridized carbons (Fsp3) is 0.267. The number of ketones is 2. The van der Waals surface area contributed by atoms with Gasteiger partial charge < -0.3 is 9.47 Å². The number of hydrogen-bond acceptors (Lipinski definition) is 4. The van der Waals surface area contributed by atoms with E-state index >= 15 is 0 Å². The van der Waals surface area contributed by atoms with Gasteiger partial charge in [0.15, 0.2) is 0 Å². The van der Waals surface area contributed by atoms with Gasteiger partial charge in [0.1, 0.15) is 11.5 Å². The van der Waals surface area contributed by atoms with Crippen molar-refractivity contribution in [3.8, 4) is 11.5 Å². The minimum absolute atomic E-state index is 0.0277. The maximum atomic E-state index is 13.5. The second-order valence-corrected chi connectivity index (χ2v) is 11.2. The van der Waals surface area contributed by atoms with Crippen LogP contribution >= 0.6 is 11.6 Å². The van der Waals surface area contributed by atoms with Gasteiger partial charge in [-0.15, -0.1) is 0 Å². The van der Waals surface area contributed by atoms with Crippen LogP contribution in [0.4, 0.5) is 0 Å². The monoisotopic (exact) mass is 488 g/mol.